The highest BCUT2D eigenvalue weighted by molar-refractivity contribution is 7.75. The zero-order chi connectivity index (χ0) is 31.1. The first-order valence-corrected chi connectivity index (χ1v) is 19.4. The first-order valence-electron chi connectivity index (χ1n) is 16.6. The lowest BCUT2D eigenvalue weighted by Gasteiger charge is -2.38. The van der Waals surface area contributed by atoms with Gasteiger partial charge in [0.15, 0.2) is 0 Å². The molecule has 0 radical (unpaired) electrons. The average molecular weight is 623 g/mol. The van der Waals surface area contributed by atoms with Crippen LogP contribution in [-0.2, 0) is 0 Å². The van der Waals surface area contributed by atoms with Crippen molar-refractivity contribution in [3.63, 3.8) is 0 Å². The summed E-state index contributed by atoms with van der Waals surface area (Å²) >= 11 is 0. The summed E-state index contributed by atoms with van der Waals surface area (Å²) < 4.78 is 0. The summed E-state index contributed by atoms with van der Waals surface area (Å²) in [5, 5.41) is 11.8. The second-order valence-corrected chi connectivity index (χ2v) is 18.3. The number of aryl methyl sites for hydroxylation is 4. The van der Waals surface area contributed by atoms with Gasteiger partial charge >= 0.3 is 0 Å². The Bertz CT molecular complexity index is 1810. The SMILES string of the molecule is Cc1cc(C)cc(P(c2cc(C)cc(C)c2)C(C)[C@H]2CCC[C@H]2P(c2cccc3ccccc23)c2cccc3ccccc23)c1. The van der Waals surface area contributed by atoms with E-state index in [1.807, 2.05) is 0 Å². The van der Waals surface area contributed by atoms with Gasteiger partial charge in [-0.2, -0.15) is 0 Å². The second-order valence-electron chi connectivity index (χ2n) is 13.3. The van der Waals surface area contributed by atoms with Crippen LogP contribution in [-0.4, -0.2) is 11.3 Å². The van der Waals surface area contributed by atoms with E-state index >= 15 is 0 Å². The van der Waals surface area contributed by atoms with E-state index in [0.29, 0.717) is 17.2 Å². The fraction of sp³-hybridized carbons (Fsp3) is 0.256. The molecule has 0 aromatic heterocycles. The molecular formula is C43H44P2. The van der Waals surface area contributed by atoms with Crippen molar-refractivity contribution in [1.82, 2.24) is 0 Å². The minimum absolute atomic E-state index is 0.536. The first-order chi connectivity index (χ1) is 21.9. The van der Waals surface area contributed by atoms with E-state index in [1.165, 1.54) is 63.1 Å². The molecule has 0 saturated heterocycles. The highest BCUT2D eigenvalue weighted by Gasteiger charge is 2.42. The quantitative estimate of drug-likeness (QED) is 0.155. The van der Waals surface area contributed by atoms with Crippen LogP contribution in [0.5, 0.6) is 0 Å². The van der Waals surface area contributed by atoms with Crippen molar-refractivity contribution in [2.75, 3.05) is 0 Å². The molecule has 0 N–H and O–H groups in total. The summed E-state index contributed by atoms with van der Waals surface area (Å²) in [7, 11) is -1.14. The van der Waals surface area contributed by atoms with Gasteiger partial charge in [-0.3, -0.25) is 0 Å². The standard InChI is InChI=1S/C43H44P2/c1-29-23-30(2)26-36(25-29)44(37-27-31(3)24-32(4)28-37)33(5)38-19-12-22-41(38)45(42-20-10-15-34-13-6-8-17-39(34)42)43-21-11-16-35-14-7-9-18-40(35)43/h6-11,13-18,20-21,23-28,33,38,41H,12,19,22H2,1-5H3/t33?,38-,41-/m1/s1. The maximum atomic E-state index is 2.61. The van der Waals surface area contributed by atoms with Gasteiger partial charge in [-0.1, -0.05) is 157 Å². The molecule has 6 aromatic rings. The Labute approximate surface area is 272 Å². The molecular weight excluding hydrogens is 578 g/mol. The van der Waals surface area contributed by atoms with Crippen molar-refractivity contribution < 1.29 is 0 Å². The van der Waals surface area contributed by atoms with Crippen LogP contribution in [0.3, 0.4) is 0 Å². The Kier molecular flexibility index (Phi) is 8.66. The highest BCUT2D eigenvalue weighted by atomic mass is 31.1. The summed E-state index contributed by atoms with van der Waals surface area (Å²) in [4.78, 5) is 0. The minimum Gasteiger partial charge on any atom is -0.0616 e. The van der Waals surface area contributed by atoms with Crippen LogP contribution in [0.4, 0.5) is 0 Å². The van der Waals surface area contributed by atoms with E-state index in [-0.39, 0.29) is 0 Å². The third-order valence-electron chi connectivity index (χ3n) is 9.91. The molecule has 1 aliphatic carbocycles. The van der Waals surface area contributed by atoms with Crippen molar-refractivity contribution in [2.45, 2.75) is 65.2 Å². The van der Waals surface area contributed by atoms with Crippen LogP contribution in [0.25, 0.3) is 21.5 Å². The van der Waals surface area contributed by atoms with Crippen LogP contribution >= 0.6 is 15.8 Å². The van der Waals surface area contributed by atoms with Crippen LogP contribution in [0, 0.1) is 33.6 Å². The van der Waals surface area contributed by atoms with Gasteiger partial charge in [-0.05, 0) is 116 Å². The Hall–Kier alpha value is -3.30. The summed E-state index contributed by atoms with van der Waals surface area (Å²) in [5.74, 6) is 0.654. The lowest BCUT2D eigenvalue weighted by Crippen LogP contribution is -2.33. The maximum absolute atomic E-state index is 2.61. The van der Waals surface area contributed by atoms with Crippen LogP contribution in [0.1, 0.15) is 48.4 Å². The lowest BCUT2D eigenvalue weighted by molar-refractivity contribution is 0.549. The predicted octanol–water partition coefficient (Wildman–Crippen LogP) is 10.3. The van der Waals surface area contributed by atoms with Gasteiger partial charge in [-0.15, -0.1) is 0 Å². The van der Waals surface area contributed by atoms with E-state index in [1.54, 1.807) is 21.2 Å². The summed E-state index contributed by atoms with van der Waals surface area (Å²) in [5.41, 5.74) is 6.73. The molecule has 0 aliphatic heterocycles. The third-order valence-corrected chi connectivity index (χ3v) is 15.9. The molecule has 1 unspecified atom stereocenters. The summed E-state index contributed by atoms with van der Waals surface area (Å²) in [6.07, 6.45) is 3.93. The number of hydrogen-bond acceptors (Lipinski definition) is 0. The fourth-order valence-corrected chi connectivity index (χ4v) is 15.3. The van der Waals surface area contributed by atoms with Gasteiger partial charge in [0.2, 0.25) is 0 Å². The first kappa shape index (κ1) is 30.4. The Morgan fingerprint density at radius 1 is 0.533 bits per heavy atom. The smallest absolute Gasteiger partial charge is 0.00939 e. The highest BCUT2D eigenvalue weighted by Crippen LogP contribution is 2.57. The van der Waals surface area contributed by atoms with Crippen molar-refractivity contribution in [3.05, 3.63) is 144 Å². The van der Waals surface area contributed by atoms with Gasteiger partial charge in [-0.25, -0.2) is 0 Å². The largest absolute Gasteiger partial charge is 0.0616 e. The minimum atomic E-state index is -0.600. The second kappa shape index (κ2) is 12.8. The molecule has 6 aromatic carbocycles. The average Bonchev–Trinajstić information content (AvgIpc) is 3.50. The summed E-state index contributed by atoms with van der Waals surface area (Å²) in [6.45, 7) is 11.7. The third kappa shape index (κ3) is 6.01. The van der Waals surface area contributed by atoms with Gasteiger partial charge in [0.05, 0.1) is 0 Å². The lowest BCUT2D eigenvalue weighted by atomic mass is 10.0. The van der Waals surface area contributed by atoms with Gasteiger partial charge < -0.3 is 0 Å². The van der Waals surface area contributed by atoms with Crippen LogP contribution in [0.15, 0.2) is 121 Å². The maximum Gasteiger partial charge on any atom is -0.00939 e. The van der Waals surface area contributed by atoms with Crippen LogP contribution < -0.4 is 21.2 Å². The molecule has 3 atom stereocenters. The molecule has 0 bridgehead atoms. The monoisotopic (exact) mass is 622 g/mol. The van der Waals surface area contributed by atoms with E-state index in [4.69, 9.17) is 0 Å². The van der Waals surface area contributed by atoms with Crippen molar-refractivity contribution >= 4 is 58.6 Å². The molecule has 1 fully saturated rings. The van der Waals surface area contributed by atoms with Crippen LogP contribution in [0.2, 0.25) is 0 Å². The normalized spacial score (nSPS) is 17.5. The molecule has 226 valence electrons. The summed E-state index contributed by atoms with van der Waals surface area (Å²) in [6, 6.07) is 47.0. The van der Waals surface area contributed by atoms with Gasteiger partial charge in [0.25, 0.3) is 0 Å². The molecule has 7 rings (SSSR count). The topological polar surface area (TPSA) is 0 Å². The Morgan fingerprint density at radius 3 is 1.47 bits per heavy atom. The number of fused-ring (bicyclic) bond motifs is 2. The van der Waals surface area contributed by atoms with Crippen molar-refractivity contribution in [1.29, 1.82) is 0 Å². The molecule has 0 amide bonds. The van der Waals surface area contributed by atoms with Crippen molar-refractivity contribution in [3.8, 4) is 0 Å². The molecule has 1 aliphatic rings. The van der Waals surface area contributed by atoms with E-state index in [2.05, 4.69) is 156 Å². The number of benzene rings is 6. The predicted molar refractivity (Wildman–Crippen MR) is 203 cm³/mol. The molecule has 0 spiro atoms. The molecule has 1 saturated carbocycles. The molecule has 2 heteroatoms. The zero-order valence-corrected chi connectivity index (χ0v) is 29.1. The van der Waals surface area contributed by atoms with Gasteiger partial charge in [0, 0.05) is 0 Å². The molecule has 45 heavy (non-hydrogen) atoms. The molecule has 0 heterocycles. The van der Waals surface area contributed by atoms with Crippen molar-refractivity contribution in [2.24, 2.45) is 5.92 Å². The van der Waals surface area contributed by atoms with E-state index < -0.39 is 15.8 Å². The fourth-order valence-electron chi connectivity index (χ4n) is 8.17. The molecule has 0 nitrogen and oxygen atoms in total. The zero-order valence-electron chi connectivity index (χ0n) is 27.3. The van der Waals surface area contributed by atoms with Gasteiger partial charge in [0.1, 0.15) is 0 Å². The Morgan fingerprint density at radius 2 is 0.978 bits per heavy atom. The Balaban J connectivity index is 1.41. The van der Waals surface area contributed by atoms with E-state index in [0.717, 1.165) is 0 Å². The van der Waals surface area contributed by atoms with E-state index in [9.17, 15) is 0 Å². The number of hydrogen-bond donors (Lipinski definition) is 0. The number of rotatable bonds is 7.